The molecule has 0 aliphatic rings. The molecule has 12 heavy (non-hydrogen) atoms. The average molecular weight is 172 g/mol. The van der Waals surface area contributed by atoms with E-state index in [0.29, 0.717) is 11.3 Å². The van der Waals surface area contributed by atoms with Crippen molar-refractivity contribution in [2.75, 3.05) is 5.73 Å². The van der Waals surface area contributed by atoms with Gasteiger partial charge in [0.05, 0.1) is 6.42 Å². The van der Waals surface area contributed by atoms with E-state index < -0.39 is 12.5 Å². The van der Waals surface area contributed by atoms with Crippen molar-refractivity contribution in [3.05, 3.63) is 29.8 Å². The van der Waals surface area contributed by atoms with Gasteiger partial charge in [-0.3, -0.25) is 5.73 Å². The van der Waals surface area contributed by atoms with Crippen molar-refractivity contribution >= 4 is 5.69 Å². The maximum Gasteiger partial charge on any atom is 0.304 e. The SMILES string of the molecule is Nc1ccc(CC(N)(F)F)cc1. The van der Waals surface area contributed by atoms with Crippen LogP contribution in [0.4, 0.5) is 14.5 Å². The van der Waals surface area contributed by atoms with Crippen LogP contribution >= 0.6 is 0 Å². The maximum absolute atomic E-state index is 12.3. The average Bonchev–Trinajstić information content (AvgIpc) is 1.91. The molecule has 2 nitrogen and oxygen atoms in total. The number of hydrogen-bond donors (Lipinski definition) is 2. The van der Waals surface area contributed by atoms with E-state index in [1.807, 2.05) is 0 Å². The van der Waals surface area contributed by atoms with Crippen LogP contribution in [0.15, 0.2) is 24.3 Å². The van der Waals surface area contributed by atoms with E-state index in [2.05, 4.69) is 5.73 Å². The van der Waals surface area contributed by atoms with Gasteiger partial charge in [0.15, 0.2) is 0 Å². The van der Waals surface area contributed by atoms with Gasteiger partial charge in [0.1, 0.15) is 0 Å². The first-order valence-corrected chi connectivity index (χ1v) is 3.48. The second-order valence-electron chi connectivity index (χ2n) is 2.68. The van der Waals surface area contributed by atoms with E-state index >= 15 is 0 Å². The number of nitrogen functional groups attached to an aromatic ring is 1. The molecule has 0 aliphatic carbocycles. The Balaban J connectivity index is 2.71. The topological polar surface area (TPSA) is 52.0 Å². The highest BCUT2D eigenvalue weighted by Gasteiger charge is 2.21. The largest absolute Gasteiger partial charge is 0.399 e. The lowest BCUT2D eigenvalue weighted by Crippen LogP contribution is -2.30. The summed E-state index contributed by atoms with van der Waals surface area (Å²) in [5.41, 5.74) is 11.0. The van der Waals surface area contributed by atoms with Crippen LogP contribution in [0.3, 0.4) is 0 Å². The van der Waals surface area contributed by atoms with Crippen LogP contribution in [0.5, 0.6) is 0 Å². The Bertz CT molecular complexity index is 251. The Kier molecular flexibility index (Phi) is 2.28. The van der Waals surface area contributed by atoms with E-state index in [4.69, 9.17) is 5.73 Å². The molecule has 0 radical (unpaired) electrons. The van der Waals surface area contributed by atoms with Gasteiger partial charge in [0, 0.05) is 5.69 Å². The molecule has 0 atom stereocenters. The van der Waals surface area contributed by atoms with Crippen LogP contribution in [-0.4, -0.2) is 6.05 Å². The molecule has 1 aromatic rings. The maximum atomic E-state index is 12.3. The second kappa shape index (κ2) is 3.06. The molecule has 0 aromatic heterocycles. The summed E-state index contributed by atoms with van der Waals surface area (Å²) in [6.45, 7) is 0. The summed E-state index contributed by atoms with van der Waals surface area (Å²) in [5, 5.41) is 0. The van der Waals surface area contributed by atoms with Crippen LogP contribution < -0.4 is 11.5 Å². The Labute approximate surface area is 69.2 Å². The predicted octanol–water partition coefficient (Wildman–Crippen LogP) is 1.36. The quantitative estimate of drug-likeness (QED) is 0.522. The molecule has 66 valence electrons. The molecule has 0 amide bonds. The normalized spacial score (nSPS) is 11.6. The molecule has 0 spiro atoms. The first-order chi connectivity index (χ1) is 5.47. The molecule has 1 rings (SSSR count). The van der Waals surface area contributed by atoms with Gasteiger partial charge in [0.2, 0.25) is 0 Å². The first-order valence-electron chi connectivity index (χ1n) is 3.48. The zero-order chi connectivity index (χ0) is 9.19. The second-order valence-corrected chi connectivity index (χ2v) is 2.68. The lowest BCUT2D eigenvalue weighted by Gasteiger charge is -2.09. The molecule has 0 saturated carbocycles. The van der Waals surface area contributed by atoms with E-state index in [1.165, 1.54) is 12.1 Å². The summed E-state index contributed by atoms with van der Waals surface area (Å²) in [6, 6.07) is 3.07. The summed E-state index contributed by atoms with van der Waals surface area (Å²) < 4.78 is 24.5. The van der Waals surface area contributed by atoms with Gasteiger partial charge in [-0.2, -0.15) is 8.78 Å². The molecule has 0 bridgehead atoms. The van der Waals surface area contributed by atoms with Gasteiger partial charge in [-0.25, -0.2) is 0 Å². The number of rotatable bonds is 2. The molecule has 4 heteroatoms. The summed E-state index contributed by atoms with van der Waals surface area (Å²) >= 11 is 0. The zero-order valence-electron chi connectivity index (χ0n) is 6.43. The summed E-state index contributed by atoms with van der Waals surface area (Å²) in [5.74, 6) is 0. The molecular weight excluding hydrogens is 162 g/mol. The first kappa shape index (κ1) is 8.93. The highest BCUT2D eigenvalue weighted by atomic mass is 19.3. The molecule has 0 saturated heterocycles. The lowest BCUT2D eigenvalue weighted by atomic mass is 10.1. The Hall–Kier alpha value is -1.16. The van der Waals surface area contributed by atoms with Crippen LogP contribution in [0, 0.1) is 0 Å². The highest BCUT2D eigenvalue weighted by molar-refractivity contribution is 5.39. The van der Waals surface area contributed by atoms with Crippen molar-refractivity contribution in [2.45, 2.75) is 12.5 Å². The van der Waals surface area contributed by atoms with E-state index in [9.17, 15) is 8.78 Å². The van der Waals surface area contributed by atoms with Crippen molar-refractivity contribution in [1.82, 2.24) is 0 Å². The van der Waals surface area contributed by atoms with Crippen molar-refractivity contribution in [3.8, 4) is 0 Å². The third-order valence-electron chi connectivity index (χ3n) is 1.42. The molecule has 0 aliphatic heterocycles. The number of benzene rings is 1. The fourth-order valence-electron chi connectivity index (χ4n) is 0.908. The minimum Gasteiger partial charge on any atom is -0.399 e. The number of alkyl halides is 2. The highest BCUT2D eigenvalue weighted by Crippen LogP contribution is 2.14. The molecule has 1 aromatic carbocycles. The van der Waals surface area contributed by atoms with Crippen LogP contribution in [0.1, 0.15) is 5.56 Å². The third-order valence-corrected chi connectivity index (χ3v) is 1.42. The number of hydrogen-bond acceptors (Lipinski definition) is 2. The number of halogens is 2. The Morgan fingerprint density at radius 3 is 2.08 bits per heavy atom. The molecular formula is C8H10F2N2. The minimum absolute atomic E-state index is 0.451. The Morgan fingerprint density at radius 1 is 1.17 bits per heavy atom. The van der Waals surface area contributed by atoms with Crippen molar-refractivity contribution < 1.29 is 8.78 Å². The smallest absolute Gasteiger partial charge is 0.304 e. The van der Waals surface area contributed by atoms with Gasteiger partial charge in [-0.1, -0.05) is 12.1 Å². The van der Waals surface area contributed by atoms with Crippen LogP contribution in [0.2, 0.25) is 0 Å². The van der Waals surface area contributed by atoms with E-state index in [-0.39, 0.29) is 0 Å². The van der Waals surface area contributed by atoms with Crippen LogP contribution in [0.25, 0.3) is 0 Å². The molecule has 4 N–H and O–H groups in total. The summed E-state index contributed by atoms with van der Waals surface area (Å²) in [4.78, 5) is 0. The monoisotopic (exact) mass is 172 g/mol. The van der Waals surface area contributed by atoms with Crippen molar-refractivity contribution in [3.63, 3.8) is 0 Å². The molecule has 0 unspecified atom stereocenters. The lowest BCUT2D eigenvalue weighted by molar-refractivity contribution is 0.00872. The minimum atomic E-state index is -3.14. The Morgan fingerprint density at radius 2 is 1.67 bits per heavy atom. The van der Waals surface area contributed by atoms with Crippen LogP contribution in [-0.2, 0) is 6.42 Å². The summed E-state index contributed by atoms with van der Waals surface area (Å²) in [7, 11) is 0. The summed E-state index contributed by atoms with van der Waals surface area (Å²) in [6.07, 6.45) is -0.451. The number of nitrogens with two attached hydrogens (primary N) is 2. The van der Waals surface area contributed by atoms with Gasteiger partial charge in [-0.15, -0.1) is 0 Å². The van der Waals surface area contributed by atoms with Gasteiger partial charge < -0.3 is 5.73 Å². The zero-order valence-corrected chi connectivity index (χ0v) is 6.43. The fraction of sp³-hybridized carbons (Fsp3) is 0.250. The standard InChI is InChI=1S/C8H10F2N2/c9-8(10,12)5-6-1-3-7(11)4-2-6/h1-4H,5,11-12H2. The van der Waals surface area contributed by atoms with Gasteiger partial charge in [0.25, 0.3) is 0 Å². The molecule has 0 heterocycles. The van der Waals surface area contributed by atoms with Crippen molar-refractivity contribution in [2.24, 2.45) is 5.73 Å². The van der Waals surface area contributed by atoms with Crippen molar-refractivity contribution in [1.29, 1.82) is 0 Å². The fourth-order valence-corrected chi connectivity index (χ4v) is 0.908. The predicted molar refractivity (Wildman–Crippen MR) is 43.7 cm³/mol. The van der Waals surface area contributed by atoms with E-state index in [1.54, 1.807) is 12.1 Å². The third kappa shape index (κ3) is 2.84. The van der Waals surface area contributed by atoms with Gasteiger partial charge in [-0.05, 0) is 17.7 Å². The molecule has 0 fully saturated rings. The number of anilines is 1. The van der Waals surface area contributed by atoms with Gasteiger partial charge >= 0.3 is 6.05 Å². The van der Waals surface area contributed by atoms with E-state index in [0.717, 1.165) is 0 Å².